The third-order valence-corrected chi connectivity index (χ3v) is 2.76. The Morgan fingerprint density at radius 1 is 1.35 bits per heavy atom. The number of aromatic hydroxyl groups is 1. The van der Waals surface area contributed by atoms with E-state index < -0.39 is 11.7 Å². The third-order valence-electron chi connectivity index (χ3n) is 2.76. The minimum Gasteiger partial charge on any atom is -0.504 e. The average Bonchev–Trinajstić information content (AvgIpc) is 2.46. The summed E-state index contributed by atoms with van der Waals surface area (Å²) in [6.07, 6.45) is 4.34. The molecule has 0 fully saturated rings. The second-order valence-electron chi connectivity index (χ2n) is 5.90. The van der Waals surface area contributed by atoms with Crippen LogP contribution < -0.4 is 10.1 Å². The summed E-state index contributed by atoms with van der Waals surface area (Å²) in [7, 11) is 1.42. The molecule has 0 aliphatic carbocycles. The molecule has 0 heterocycles. The summed E-state index contributed by atoms with van der Waals surface area (Å²) in [4.78, 5) is 22.4. The molecule has 0 aliphatic heterocycles. The Hall–Kier alpha value is -2.50. The fraction of sp³-hybridized carbons (Fsp3) is 0.412. The van der Waals surface area contributed by atoms with Crippen LogP contribution >= 0.6 is 0 Å². The Kier molecular flexibility index (Phi) is 6.63. The van der Waals surface area contributed by atoms with Gasteiger partial charge in [-0.3, -0.25) is 4.79 Å². The van der Waals surface area contributed by atoms with E-state index in [4.69, 9.17) is 9.47 Å². The Bertz CT molecular complexity index is 587. The van der Waals surface area contributed by atoms with Gasteiger partial charge in [-0.1, -0.05) is 12.2 Å². The lowest BCUT2D eigenvalue weighted by Gasteiger charge is -2.19. The quantitative estimate of drug-likeness (QED) is 0.621. The molecule has 0 radical (unpaired) electrons. The number of phenols is 1. The number of aldehydes is 1. The zero-order chi connectivity index (χ0) is 17.5. The lowest BCUT2D eigenvalue weighted by molar-refractivity contribution is 0.0528. The van der Waals surface area contributed by atoms with Gasteiger partial charge < -0.3 is 19.9 Å². The van der Waals surface area contributed by atoms with Crippen molar-refractivity contribution < 1.29 is 24.2 Å². The molecular formula is C17H23NO5. The van der Waals surface area contributed by atoms with Crippen LogP contribution in [-0.4, -0.2) is 36.7 Å². The monoisotopic (exact) mass is 321 g/mol. The Balaban J connectivity index is 2.55. The van der Waals surface area contributed by atoms with Crippen molar-refractivity contribution in [2.24, 2.45) is 0 Å². The molecule has 23 heavy (non-hydrogen) atoms. The van der Waals surface area contributed by atoms with Crippen LogP contribution in [0.4, 0.5) is 4.79 Å². The standard InChI is InChI=1S/C17H23NO5/c1-17(2,3)23-16(21)18-8-6-5-7-12-9-13(11-19)15(20)14(10-12)22-4/h5,7,9-11,20H,6,8H2,1-4H3,(H,18,21). The van der Waals surface area contributed by atoms with Crippen LogP contribution in [0.5, 0.6) is 11.5 Å². The highest BCUT2D eigenvalue weighted by Gasteiger charge is 2.15. The van der Waals surface area contributed by atoms with Gasteiger partial charge in [0.1, 0.15) is 5.60 Å². The van der Waals surface area contributed by atoms with Crippen molar-refractivity contribution in [3.8, 4) is 11.5 Å². The van der Waals surface area contributed by atoms with Gasteiger partial charge in [0.15, 0.2) is 17.8 Å². The fourth-order valence-electron chi connectivity index (χ4n) is 1.78. The average molecular weight is 321 g/mol. The van der Waals surface area contributed by atoms with Gasteiger partial charge in [0.25, 0.3) is 0 Å². The van der Waals surface area contributed by atoms with Gasteiger partial charge in [0.2, 0.25) is 0 Å². The summed E-state index contributed by atoms with van der Waals surface area (Å²) in [6.45, 7) is 5.83. The van der Waals surface area contributed by atoms with Gasteiger partial charge in [0, 0.05) is 6.54 Å². The number of nitrogens with one attached hydrogen (secondary N) is 1. The first kappa shape index (κ1) is 18.5. The minimum atomic E-state index is -0.520. The second kappa shape index (κ2) is 8.22. The van der Waals surface area contributed by atoms with Crippen LogP contribution in [0.1, 0.15) is 43.1 Å². The predicted molar refractivity (Wildman–Crippen MR) is 87.9 cm³/mol. The van der Waals surface area contributed by atoms with E-state index in [1.165, 1.54) is 7.11 Å². The van der Waals surface area contributed by atoms with E-state index in [0.29, 0.717) is 19.3 Å². The van der Waals surface area contributed by atoms with Gasteiger partial charge in [-0.05, 0) is 44.9 Å². The maximum atomic E-state index is 11.5. The lowest BCUT2D eigenvalue weighted by Crippen LogP contribution is -2.32. The zero-order valence-electron chi connectivity index (χ0n) is 13.9. The van der Waals surface area contributed by atoms with E-state index in [1.807, 2.05) is 6.08 Å². The van der Waals surface area contributed by atoms with E-state index in [1.54, 1.807) is 39.0 Å². The molecule has 0 saturated heterocycles. The van der Waals surface area contributed by atoms with Gasteiger partial charge in [-0.2, -0.15) is 0 Å². The molecule has 0 spiro atoms. The molecule has 6 nitrogen and oxygen atoms in total. The van der Waals surface area contributed by atoms with Crippen LogP contribution in [0.25, 0.3) is 6.08 Å². The fourth-order valence-corrected chi connectivity index (χ4v) is 1.78. The highest BCUT2D eigenvalue weighted by molar-refractivity contribution is 5.82. The maximum absolute atomic E-state index is 11.5. The number of benzene rings is 1. The number of rotatable bonds is 6. The molecule has 1 rings (SSSR count). The number of carbonyl (C=O) groups excluding carboxylic acids is 2. The van der Waals surface area contributed by atoms with Crippen molar-refractivity contribution >= 4 is 18.5 Å². The van der Waals surface area contributed by atoms with Crippen LogP contribution in [0, 0.1) is 0 Å². The van der Waals surface area contributed by atoms with Gasteiger partial charge >= 0.3 is 6.09 Å². The van der Waals surface area contributed by atoms with Crippen molar-refractivity contribution in [1.82, 2.24) is 5.32 Å². The number of ether oxygens (including phenoxy) is 2. The normalized spacial score (nSPS) is 11.3. The molecule has 0 saturated carbocycles. The van der Waals surface area contributed by atoms with Crippen molar-refractivity contribution in [2.45, 2.75) is 32.8 Å². The smallest absolute Gasteiger partial charge is 0.407 e. The highest BCUT2D eigenvalue weighted by Crippen LogP contribution is 2.30. The number of alkyl carbamates (subject to hydrolysis) is 1. The van der Waals surface area contributed by atoms with Crippen LogP contribution in [0.15, 0.2) is 18.2 Å². The first-order valence-corrected chi connectivity index (χ1v) is 7.26. The van der Waals surface area contributed by atoms with Gasteiger partial charge in [-0.15, -0.1) is 0 Å². The molecule has 0 bridgehead atoms. The third kappa shape index (κ3) is 6.42. The predicted octanol–water partition coefficient (Wildman–Crippen LogP) is 3.14. The van der Waals surface area contributed by atoms with Crippen molar-refractivity contribution in [1.29, 1.82) is 0 Å². The Morgan fingerprint density at radius 3 is 2.61 bits per heavy atom. The van der Waals surface area contributed by atoms with Gasteiger partial charge in [-0.25, -0.2) is 4.79 Å². The van der Waals surface area contributed by atoms with Crippen molar-refractivity contribution in [3.63, 3.8) is 0 Å². The van der Waals surface area contributed by atoms with E-state index in [9.17, 15) is 14.7 Å². The molecular weight excluding hydrogens is 298 g/mol. The van der Waals surface area contributed by atoms with Gasteiger partial charge in [0.05, 0.1) is 12.7 Å². The Labute approximate surface area is 136 Å². The summed E-state index contributed by atoms with van der Waals surface area (Å²) in [5, 5.41) is 12.4. The molecule has 1 amide bonds. The van der Waals surface area contributed by atoms with E-state index in [2.05, 4.69) is 5.32 Å². The molecule has 0 atom stereocenters. The lowest BCUT2D eigenvalue weighted by atomic mass is 10.1. The molecule has 2 N–H and O–H groups in total. The summed E-state index contributed by atoms with van der Waals surface area (Å²) >= 11 is 0. The number of hydrogen-bond donors (Lipinski definition) is 2. The largest absolute Gasteiger partial charge is 0.504 e. The topological polar surface area (TPSA) is 84.9 Å². The van der Waals surface area contributed by atoms with Crippen LogP contribution in [0.2, 0.25) is 0 Å². The van der Waals surface area contributed by atoms with E-state index in [-0.39, 0.29) is 17.1 Å². The minimum absolute atomic E-state index is 0.163. The first-order chi connectivity index (χ1) is 10.8. The van der Waals surface area contributed by atoms with Crippen LogP contribution in [0.3, 0.4) is 0 Å². The second-order valence-corrected chi connectivity index (χ2v) is 5.90. The van der Waals surface area contributed by atoms with Crippen LogP contribution in [-0.2, 0) is 4.74 Å². The maximum Gasteiger partial charge on any atom is 0.407 e. The van der Waals surface area contributed by atoms with E-state index >= 15 is 0 Å². The molecule has 0 unspecified atom stereocenters. The molecule has 126 valence electrons. The first-order valence-electron chi connectivity index (χ1n) is 7.26. The molecule has 6 heteroatoms. The molecule has 1 aromatic rings. The SMILES string of the molecule is COc1cc(C=CCCNC(=O)OC(C)(C)C)cc(C=O)c1O. The summed E-state index contributed by atoms with van der Waals surface area (Å²) in [5.41, 5.74) is 0.364. The summed E-state index contributed by atoms with van der Waals surface area (Å²) < 4.78 is 10.1. The highest BCUT2D eigenvalue weighted by atomic mass is 16.6. The zero-order valence-corrected chi connectivity index (χ0v) is 13.9. The number of methoxy groups -OCH3 is 1. The summed E-state index contributed by atoms with van der Waals surface area (Å²) in [5.74, 6) is 0.0624. The Morgan fingerprint density at radius 2 is 2.04 bits per heavy atom. The summed E-state index contributed by atoms with van der Waals surface area (Å²) in [6, 6.07) is 3.18. The number of phenolic OH excluding ortho intramolecular Hbond substituents is 1. The van der Waals surface area contributed by atoms with Crippen molar-refractivity contribution in [3.05, 3.63) is 29.3 Å². The number of carbonyl (C=O) groups is 2. The molecule has 0 aromatic heterocycles. The molecule has 0 aliphatic rings. The van der Waals surface area contributed by atoms with E-state index in [0.717, 1.165) is 5.56 Å². The van der Waals surface area contributed by atoms with Crippen molar-refractivity contribution in [2.75, 3.05) is 13.7 Å². The number of amides is 1. The molecule has 1 aromatic carbocycles. The number of hydrogen-bond acceptors (Lipinski definition) is 5.